The van der Waals surface area contributed by atoms with Crippen LogP contribution in [0.3, 0.4) is 0 Å². The Morgan fingerprint density at radius 2 is 1.54 bits per heavy atom. The minimum absolute atomic E-state index is 0.0397. The Hall–Kier alpha value is -0.990. The molecule has 37 heavy (non-hydrogen) atoms. The molecule has 4 saturated carbocycles. The normalized spacial score (nSPS) is 57.3. The Morgan fingerprint density at radius 1 is 0.892 bits per heavy atom. The Bertz CT molecular complexity index is 1010. The van der Waals surface area contributed by atoms with Crippen LogP contribution in [0.1, 0.15) is 92.4 Å². The Balaban J connectivity index is 1.65. The number of aliphatic hydroxyl groups is 5. The zero-order valence-electron chi connectivity index (χ0n) is 23.3. The van der Waals surface area contributed by atoms with Crippen molar-refractivity contribution < 1.29 is 35.4 Å². The molecule has 4 fully saturated rings. The molecule has 7 heteroatoms. The maximum atomic E-state index is 12.9. The summed E-state index contributed by atoms with van der Waals surface area (Å²) >= 11 is 0. The van der Waals surface area contributed by atoms with Gasteiger partial charge >= 0.3 is 5.97 Å². The van der Waals surface area contributed by atoms with Crippen molar-refractivity contribution in [3.8, 4) is 0 Å². The molecule has 0 unspecified atom stereocenters. The fraction of sp³-hybridized carbons (Fsp3) is 0.900. The fourth-order valence-corrected chi connectivity index (χ4v) is 11.0. The number of aliphatic hydroxyl groups excluding tert-OH is 3. The lowest BCUT2D eigenvalue weighted by molar-refractivity contribution is -0.257. The summed E-state index contributed by atoms with van der Waals surface area (Å²) in [5.41, 5.74) is -4.97. The van der Waals surface area contributed by atoms with Gasteiger partial charge in [0.05, 0.1) is 24.7 Å². The summed E-state index contributed by atoms with van der Waals surface area (Å²) in [5, 5.41) is 65.3. The van der Waals surface area contributed by atoms with Gasteiger partial charge in [0, 0.05) is 11.3 Å². The highest BCUT2D eigenvalue weighted by Crippen LogP contribution is 2.76. The molecule has 11 atom stereocenters. The van der Waals surface area contributed by atoms with Crippen molar-refractivity contribution >= 4 is 5.97 Å². The van der Waals surface area contributed by atoms with E-state index in [2.05, 4.69) is 26.8 Å². The number of hydrogen-bond donors (Lipinski definition) is 6. The SMILES string of the molecule is C[C@]12CC[C@@H](O)[C@](C)(CO)[C@@H]1CC[C@]1(C)[C@@H]2CC=C2[C@@H]3[C@](C(=O)O)(CC[C@@](O)(CO)[C@@]3(C)O)CC[C@]21C. The largest absolute Gasteiger partial charge is 0.481 e. The van der Waals surface area contributed by atoms with Crippen molar-refractivity contribution in [3.05, 3.63) is 11.6 Å². The highest BCUT2D eigenvalue weighted by atomic mass is 16.4. The number of rotatable bonds is 3. The quantitative estimate of drug-likeness (QED) is 0.314. The van der Waals surface area contributed by atoms with Crippen LogP contribution in [0.25, 0.3) is 0 Å². The highest BCUT2D eigenvalue weighted by molar-refractivity contribution is 5.77. The van der Waals surface area contributed by atoms with Crippen LogP contribution in [0.5, 0.6) is 0 Å². The number of carboxylic acid groups (broad SMARTS) is 1. The van der Waals surface area contributed by atoms with E-state index in [0.717, 1.165) is 31.3 Å². The first kappa shape index (κ1) is 27.6. The molecule has 0 heterocycles. The average Bonchev–Trinajstić information content (AvgIpc) is 2.84. The molecule has 210 valence electrons. The predicted octanol–water partition coefficient (Wildman–Crippen LogP) is 3.26. The maximum absolute atomic E-state index is 12.9. The molecule has 0 bridgehead atoms. The molecule has 0 aromatic carbocycles. The molecule has 0 radical (unpaired) electrons. The van der Waals surface area contributed by atoms with E-state index in [1.54, 1.807) is 0 Å². The first-order valence-electron chi connectivity index (χ1n) is 14.3. The topological polar surface area (TPSA) is 138 Å². The minimum atomic E-state index is -1.79. The maximum Gasteiger partial charge on any atom is 0.310 e. The van der Waals surface area contributed by atoms with Crippen LogP contribution in [0.15, 0.2) is 11.6 Å². The van der Waals surface area contributed by atoms with Crippen LogP contribution < -0.4 is 0 Å². The standard InChI is InChI=1S/C30H48O7/c1-24-10-9-21(33)25(2,16-31)19(24)8-11-27(4)20(24)7-6-18-22-28(5,36)30(37,17-32)15-14-29(22,23(34)35)13-12-26(18,27)3/h6,19-22,31-33,36-37H,7-17H2,1-5H3,(H,34,35)/t19-,20-,21-,22+,24+,25-,26-,27-,28+,29-,30-/m1/s1. The lowest BCUT2D eigenvalue weighted by Gasteiger charge is -2.72. The van der Waals surface area contributed by atoms with E-state index in [0.29, 0.717) is 19.3 Å². The molecule has 0 spiro atoms. The summed E-state index contributed by atoms with van der Waals surface area (Å²) in [5.74, 6) is -1.25. The van der Waals surface area contributed by atoms with Crippen LogP contribution in [0.2, 0.25) is 0 Å². The monoisotopic (exact) mass is 520 g/mol. The van der Waals surface area contributed by atoms with Gasteiger partial charge in [0.15, 0.2) is 0 Å². The lowest BCUT2D eigenvalue weighted by Crippen LogP contribution is -2.72. The van der Waals surface area contributed by atoms with Gasteiger partial charge in [-0.2, -0.15) is 0 Å². The molecule has 0 aromatic heterocycles. The number of fused-ring (bicyclic) bond motifs is 7. The molecule has 0 aliphatic heterocycles. The Kier molecular flexibility index (Phi) is 5.98. The van der Waals surface area contributed by atoms with Gasteiger partial charge in [-0.3, -0.25) is 4.79 Å². The molecule has 0 aromatic rings. The van der Waals surface area contributed by atoms with E-state index in [9.17, 15) is 35.4 Å². The third-order valence-corrected chi connectivity index (χ3v) is 13.8. The Labute approximate surface area is 221 Å². The van der Waals surface area contributed by atoms with Crippen LogP contribution in [0, 0.1) is 44.8 Å². The number of carboxylic acids is 1. The molecular formula is C30H48O7. The van der Waals surface area contributed by atoms with Gasteiger partial charge in [-0.15, -0.1) is 0 Å². The average molecular weight is 521 g/mol. The van der Waals surface area contributed by atoms with Gasteiger partial charge < -0.3 is 30.6 Å². The second kappa shape index (κ2) is 8.03. The van der Waals surface area contributed by atoms with Gasteiger partial charge in [-0.05, 0) is 92.8 Å². The molecule has 0 amide bonds. The zero-order chi connectivity index (χ0) is 27.4. The van der Waals surface area contributed by atoms with Crippen LogP contribution in [0.4, 0.5) is 0 Å². The summed E-state index contributed by atoms with van der Waals surface area (Å²) in [6.07, 6.45) is 7.11. The van der Waals surface area contributed by atoms with E-state index in [1.807, 2.05) is 6.92 Å². The molecule has 7 nitrogen and oxygen atoms in total. The van der Waals surface area contributed by atoms with Crippen molar-refractivity contribution in [3.63, 3.8) is 0 Å². The zero-order valence-corrected chi connectivity index (χ0v) is 23.3. The molecule has 5 aliphatic rings. The van der Waals surface area contributed by atoms with E-state index in [1.165, 1.54) is 6.92 Å². The van der Waals surface area contributed by atoms with Gasteiger partial charge in [0.1, 0.15) is 11.2 Å². The lowest BCUT2D eigenvalue weighted by atomic mass is 9.33. The van der Waals surface area contributed by atoms with Gasteiger partial charge in [-0.25, -0.2) is 0 Å². The summed E-state index contributed by atoms with van der Waals surface area (Å²) in [4.78, 5) is 12.9. The summed E-state index contributed by atoms with van der Waals surface area (Å²) in [7, 11) is 0. The van der Waals surface area contributed by atoms with Crippen LogP contribution >= 0.6 is 0 Å². The van der Waals surface area contributed by atoms with E-state index in [-0.39, 0.29) is 47.5 Å². The van der Waals surface area contributed by atoms with E-state index < -0.39 is 46.6 Å². The summed E-state index contributed by atoms with van der Waals surface area (Å²) in [6.45, 7) is 9.83. The predicted molar refractivity (Wildman–Crippen MR) is 138 cm³/mol. The van der Waals surface area contributed by atoms with Gasteiger partial charge in [0.2, 0.25) is 0 Å². The number of carbonyl (C=O) groups is 1. The Morgan fingerprint density at radius 3 is 2.14 bits per heavy atom. The molecule has 6 N–H and O–H groups in total. The van der Waals surface area contributed by atoms with Crippen LogP contribution in [-0.2, 0) is 4.79 Å². The molecule has 5 aliphatic carbocycles. The van der Waals surface area contributed by atoms with Gasteiger partial charge in [-0.1, -0.05) is 39.3 Å². The number of allylic oxidation sites excluding steroid dienone is 1. The summed E-state index contributed by atoms with van der Waals surface area (Å²) in [6, 6.07) is 0. The van der Waals surface area contributed by atoms with Crippen LogP contribution in [-0.4, -0.2) is 67.1 Å². The molecular weight excluding hydrogens is 472 g/mol. The molecule has 5 rings (SSSR count). The van der Waals surface area contributed by atoms with Crippen molar-refractivity contribution in [1.82, 2.24) is 0 Å². The summed E-state index contributed by atoms with van der Waals surface area (Å²) < 4.78 is 0. The second-order valence-corrected chi connectivity index (χ2v) is 14.7. The number of aliphatic carboxylic acids is 1. The highest BCUT2D eigenvalue weighted by Gasteiger charge is 2.73. The van der Waals surface area contributed by atoms with E-state index in [4.69, 9.17) is 0 Å². The first-order chi connectivity index (χ1) is 17.0. The van der Waals surface area contributed by atoms with Crippen molar-refractivity contribution in [2.75, 3.05) is 13.2 Å². The number of hydrogen-bond acceptors (Lipinski definition) is 6. The van der Waals surface area contributed by atoms with Crippen molar-refractivity contribution in [2.24, 2.45) is 44.8 Å². The van der Waals surface area contributed by atoms with E-state index >= 15 is 0 Å². The minimum Gasteiger partial charge on any atom is -0.481 e. The fourth-order valence-electron chi connectivity index (χ4n) is 11.0. The third-order valence-electron chi connectivity index (χ3n) is 13.8. The first-order valence-corrected chi connectivity index (χ1v) is 14.3. The smallest absolute Gasteiger partial charge is 0.310 e. The second-order valence-electron chi connectivity index (χ2n) is 14.7. The van der Waals surface area contributed by atoms with Crippen molar-refractivity contribution in [1.29, 1.82) is 0 Å². The molecule has 0 saturated heterocycles. The van der Waals surface area contributed by atoms with Gasteiger partial charge in [0.25, 0.3) is 0 Å². The van der Waals surface area contributed by atoms with Crippen molar-refractivity contribution in [2.45, 2.75) is 110 Å². The third kappa shape index (κ3) is 3.04.